The SMILES string of the molecule is CCOC(=O)C1CCCC(NC(=O)OCc2ccccc2)C1. The molecule has 2 atom stereocenters. The number of carbonyl (C=O) groups excluding carboxylic acids is 2. The van der Waals surface area contributed by atoms with Crippen molar-refractivity contribution in [2.45, 2.75) is 45.3 Å². The number of carbonyl (C=O) groups is 2. The highest BCUT2D eigenvalue weighted by Crippen LogP contribution is 2.25. The first-order valence-electron chi connectivity index (χ1n) is 7.83. The van der Waals surface area contributed by atoms with Crippen molar-refractivity contribution in [3.8, 4) is 0 Å². The number of rotatable bonds is 5. The summed E-state index contributed by atoms with van der Waals surface area (Å²) in [4.78, 5) is 23.6. The summed E-state index contributed by atoms with van der Waals surface area (Å²) in [5.41, 5.74) is 0.950. The lowest BCUT2D eigenvalue weighted by Gasteiger charge is -2.28. The fourth-order valence-corrected chi connectivity index (χ4v) is 2.73. The Morgan fingerprint density at radius 2 is 1.95 bits per heavy atom. The Bertz CT molecular complexity index is 489. The third-order valence-electron chi connectivity index (χ3n) is 3.83. The van der Waals surface area contributed by atoms with Crippen molar-refractivity contribution < 1.29 is 19.1 Å². The van der Waals surface area contributed by atoms with Gasteiger partial charge in [0.2, 0.25) is 0 Å². The molecule has 0 heterocycles. The summed E-state index contributed by atoms with van der Waals surface area (Å²) in [6.45, 7) is 2.45. The van der Waals surface area contributed by atoms with E-state index in [1.165, 1.54) is 0 Å². The van der Waals surface area contributed by atoms with E-state index >= 15 is 0 Å². The normalized spacial score (nSPS) is 21.0. The van der Waals surface area contributed by atoms with Crippen LogP contribution in [0.2, 0.25) is 0 Å². The topological polar surface area (TPSA) is 64.6 Å². The maximum absolute atomic E-state index is 11.8. The minimum absolute atomic E-state index is 0.0218. The molecular formula is C17H23NO4. The molecule has 120 valence electrons. The number of hydrogen-bond acceptors (Lipinski definition) is 4. The van der Waals surface area contributed by atoms with Crippen molar-refractivity contribution in [2.24, 2.45) is 5.92 Å². The van der Waals surface area contributed by atoms with Gasteiger partial charge < -0.3 is 14.8 Å². The second kappa shape index (κ2) is 8.41. The Labute approximate surface area is 131 Å². The van der Waals surface area contributed by atoms with E-state index in [0.29, 0.717) is 13.0 Å². The van der Waals surface area contributed by atoms with E-state index in [0.717, 1.165) is 24.8 Å². The number of esters is 1. The van der Waals surface area contributed by atoms with Crippen LogP contribution in [0.4, 0.5) is 4.79 Å². The van der Waals surface area contributed by atoms with Crippen LogP contribution < -0.4 is 5.32 Å². The van der Waals surface area contributed by atoms with Crippen LogP contribution >= 0.6 is 0 Å². The van der Waals surface area contributed by atoms with E-state index in [9.17, 15) is 9.59 Å². The monoisotopic (exact) mass is 305 g/mol. The van der Waals surface area contributed by atoms with Gasteiger partial charge in [-0.2, -0.15) is 0 Å². The van der Waals surface area contributed by atoms with Crippen LogP contribution in [-0.4, -0.2) is 24.7 Å². The number of benzene rings is 1. The van der Waals surface area contributed by atoms with Gasteiger partial charge in [0, 0.05) is 6.04 Å². The highest BCUT2D eigenvalue weighted by atomic mass is 16.5. The average molecular weight is 305 g/mol. The molecule has 0 aromatic heterocycles. The molecule has 5 nitrogen and oxygen atoms in total. The molecule has 1 N–H and O–H groups in total. The largest absolute Gasteiger partial charge is 0.466 e. The number of hydrogen-bond donors (Lipinski definition) is 1. The molecule has 0 radical (unpaired) electrons. The zero-order valence-electron chi connectivity index (χ0n) is 12.9. The Morgan fingerprint density at radius 1 is 1.18 bits per heavy atom. The summed E-state index contributed by atoms with van der Waals surface area (Å²) in [6, 6.07) is 9.52. The minimum atomic E-state index is -0.432. The molecule has 5 heteroatoms. The molecule has 1 aromatic rings. The smallest absolute Gasteiger partial charge is 0.407 e. The molecule has 2 unspecified atom stereocenters. The number of alkyl carbamates (subject to hydrolysis) is 1. The zero-order valence-corrected chi connectivity index (χ0v) is 12.9. The molecule has 1 aromatic carbocycles. The first-order chi connectivity index (χ1) is 10.7. The maximum atomic E-state index is 11.8. The Kier molecular flexibility index (Phi) is 6.25. The lowest BCUT2D eigenvalue weighted by Crippen LogP contribution is -2.40. The molecule has 2 rings (SSSR count). The second-order valence-electron chi connectivity index (χ2n) is 5.52. The third kappa shape index (κ3) is 5.06. The zero-order chi connectivity index (χ0) is 15.8. The minimum Gasteiger partial charge on any atom is -0.466 e. The van der Waals surface area contributed by atoms with Crippen LogP contribution in [0.15, 0.2) is 30.3 Å². The summed E-state index contributed by atoms with van der Waals surface area (Å²) >= 11 is 0. The van der Waals surface area contributed by atoms with E-state index in [1.54, 1.807) is 6.92 Å². The summed E-state index contributed by atoms with van der Waals surface area (Å²) in [5, 5.41) is 2.85. The maximum Gasteiger partial charge on any atom is 0.407 e. The molecule has 1 amide bonds. The van der Waals surface area contributed by atoms with E-state index in [2.05, 4.69) is 5.32 Å². The van der Waals surface area contributed by atoms with Gasteiger partial charge in [-0.05, 0) is 31.7 Å². The molecule has 1 aliphatic rings. The molecule has 22 heavy (non-hydrogen) atoms. The molecule has 1 saturated carbocycles. The first-order valence-corrected chi connectivity index (χ1v) is 7.83. The van der Waals surface area contributed by atoms with Crippen molar-refractivity contribution in [1.29, 1.82) is 0 Å². The molecule has 0 bridgehead atoms. The fourth-order valence-electron chi connectivity index (χ4n) is 2.73. The van der Waals surface area contributed by atoms with Gasteiger partial charge in [0.25, 0.3) is 0 Å². The number of amides is 1. The van der Waals surface area contributed by atoms with Gasteiger partial charge in [-0.3, -0.25) is 4.79 Å². The second-order valence-corrected chi connectivity index (χ2v) is 5.52. The lowest BCUT2D eigenvalue weighted by atomic mass is 9.86. The highest BCUT2D eigenvalue weighted by Gasteiger charge is 2.29. The Balaban J connectivity index is 1.75. The van der Waals surface area contributed by atoms with Crippen molar-refractivity contribution in [3.63, 3.8) is 0 Å². The summed E-state index contributed by atoms with van der Waals surface area (Å²) < 4.78 is 10.3. The Morgan fingerprint density at radius 3 is 2.68 bits per heavy atom. The summed E-state index contributed by atoms with van der Waals surface area (Å²) in [7, 11) is 0. The Hall–Kier alpha value is -2.04. The third-order valence-corrected chi connectivity index (χ3v) is 3.83. The summed E-state index contributed by atoms with van der Waals surface area (Å²) in [6.07, 6.45) is 2.80. The van der Waals surface area contributed by atoms with Gasteiger partial charge in [0.1, 0.15) is 6.61 Å². The van der Waals surface area contributed by atoms with Gasteiger partial charge in [0.05, 0.1) is 12.5 Å². The lowest BCUT2D eigenvalue weighted by molar-refractivity contribution is -0.149. The van der Waals surface area contributed by atoms with Crippen molar-refractivity contribution in [3.05, 3.63) is 35.9 Å². The molecular weight excluding hydrogens is 282 g/mol. The van der Waals surface area contributed by atoms with E-state index in [-0.39, 0.29) is 24.5 Å². The van der Waals surface area contributed by atoms with E-state index < -0.39 is 6.09 Å². The van der Waals surface area contributed by atoms with Crippen molar-refractivity contribution in [2.75, 3.05) is 6.61 Å². The first kappa shape index (κ1) is 16.3. The molecule has 0 spiro atoms. The molecule has 0 saturated heterocycles. The summed E-state index contributed by atoms with van der Waals surface area (Å²) in [5.74, 6) is -0.278. The standard InChI is InChI=1S/C17H23NO4/c1-2-21-16(19)14-9-6-10-15(11-14)18-17(20)22-12-13-7-4-3-5-8-13/h3-5,7-8,14-15H,2,6,9-12H2,1H3,(H,18,20). The van der Waals surface area contributed by atoms with Crippen LogP contribution in [0.5, 0.6) is 0 Å². The van der Waals surface area contributed by atoms with Gasteiger partial charge in [-0.1, -0.05) is 36.8 Å². The number of ether oxygens (including phenoxy) is 2. The molecule has 1 aliphatic carbocycles. The highest BCUT2D eigenvalue weighted by molar-refractivity contribution is 5.73. The van der Waals surface area contributed by atoms with Crippen molar-refractivity contribution >= 4 is 12.1 Å². The van der Waals surface area contributed by atoms with E-state index in [4.69, 9.17) is 9.47 Å². The van der Waals surface area contributed by atoms with E-state index in [1.807, 2.05) is 30.3 Å². The van der Waals surface area contributed by atoms with Gasteiger partial charge >= 0.3 is 12.1 Å². The van der Waals surface area contributed by atoms with Crippen LogP contribution in [-0.2, 0) is 20.9 Å². The molecule has 1 fully saturated rings. The predicted octanol–water partition coefficient (Wildman–Crippen LogP) is 3.03. The molecule has 0 aliphatic heterocycles. The quantitative estimate of drug-likeness (QED) is 0.849. The number of nitrogens with one attached hydrogen (secondary N) is 1. The van der Waals surface area contributed by atoms with Gasteiger partial charge in [-0.15, -0.1) is 0 Å². The van der Waals surface area contributed by atoms with Crippen LogP contribution in [0, 0.1) is 5.92 Å². The van der Waals surface area contributed by atoms with Crippen LogP contribution in [0.1, 0.15) is 38.2 Å². The van der Waals surface area contributed by atoms with Crippen LogP contribution in [0.3, 0.4) is 0 Å². The van der Waals surface area contributed by atoms with Crippen LogP contribution in [0.25, 0.3) is 0 Å². The van der Waals surface area contributed by atoms with Gasteiger partial charge in [0.15, 0.2) is 0 Å². The fraction of sp³-hybridized carbons (Fsp3) is 0.529. The van der Waals surface area contributed by atoms with Crippen molar-refractivity contribution in [1.82, 2.24) is 5.32 Å². The average Bonchev–Trinajstić information content (AvgIpc) is 2.54. The van der Waals surface area contributed by atoms with Gasteiger partial charge in [-0.25, -0.2) is 4.79 Å². The predicted molar refractivity (Wildman–Crippen MR) is 82.1 cm³/mol.